The van der Waals surface area contributed by atoms with Gasteiger partial charge in [-0.05, 0) is 13.0 Å². The molecule has 1 aromatic rings. The second-order valence-corrected chi connectivity index (χ2v) is 6.46. The molecule has 0 bridgehead atoms. The summed E-state index contributed by atoms with van der Waals surface area (Å²) in [7, 11) is -1.56. The van der Waals surface area contributed by atoms with Crippen molar-refractivity contribution >= 4 is 26.5 Å². The van der Waals surface area contributed by atoms with Crippen LogP contribution in [0.1, 0.15) is 25.5 Å². The third kappa shape index (κ3) is 4.07. The molecule has 0 unspecified atom stereocenters. The van der Waals surface area contributed by atoms with Crippen LogP contribution in [0.5, 0.6) is 0 Å². The van der Waals surface area contributed by atoms with Gasteiger partial charge in [-0.1, -0.05) is 13.8 Å². The summed E-state index contributed by atoms with van der Waals surface area (Å²) in [4.78, 5) is 4.21. The first kappa shape index (κ1) is 13.4. The van der Waals surface area contributed by atoms with E-state index >= 15 is 0 Å². The third-order valence-electron chi connectivity index (χ3n) is 1.98. The van der Waals surface area contributed by atoms with Crippen molar-refractivity contribution in [2.24, 2.45) is 0 Å². The summed E-state index contributed by atoms with van der Waals surface area (Å²) in [6.07, 6.45) is 0. The zero-order valence-electron chi connectivity index (χ0n) is 9.65. The number of nitrogens with zero attached hydrogens (tertiary/aromatic N) is 1. The standard InChI is InChI=1S/C9H17N3O2S2/c1-7(2)8-6-15-9(11-8)12-16(13,14)5-4-10-3/h6-7,10H,4-5H2,1-3H3,(H,11,12). The van der Waals surface area contributed by atoms with Crippen LogP contribution in [-0.2, 0) is 10.0 Å². The molecule has 0 atom stereocenters. The lowest BCUT2D eigenvalue weighted by molar-refractivity contribution is 0.598. The summed E-state index contributed by atoms with van der Waals surface area (Å²) in [6.45, 7) is 4.47. The van der Waals surface area contributed by atoms with Crippen LogP contribution in [0.3, 0.4) is 0 Å². The highest BCUT2D eigenvalue weighted by atomic mass is 32.2. The fourth-order valence-electron chi connectivity index (χ4n) is 1.02. The summed E-state index contributed by atoms with van der Waals surface area (Å²) < 4.78 is 25.6. The molecule has 5 nitrogen and oxygen atoms in total. The van der Waals surface area contributed by atoms with Crippen molar-refractivity contribution < 1.29 is 8.42 Å². The predicted molar refractivity (Wildman–Crippen MR) is 67.5 cm³/mol. The topological polar surface area (TPSA) is 71.1 Å². The molecule has 0 saturated heterocycles. The highest BCUT2D eigenvalue weighted by molar-refractivity contribution is 7.92. The number of aromatic nitrogens is 1. The summed E-state index contributed by atoms with van der Waals surface area (Å²) in [5.74, 6) is 0.368. The van der Waals surface area contributed by atoms with Gasteiger partial charge in [0.05, 0.1) is 11.4 Å². The molecule has 0 fully saturated rings. The van der Waals surface area contributed by atoms with Crippen LogP contribution >= 0.6 is 11.3 Å². The molecule has 2 N–H and O–H groups in total. The molecule has 0 amide bonds. The van der Waals surface area contributed by atoms with Gasteiger partial charge in [-0.3, -0.25) is 4.72 Å². The van der Waals surface area contributed by atoms with Crippen molar-refractivity contribution in [1.82, 2.24) is 10.3 Å². The molecular weight excluding hydrogens is 246 g/mol. The molecule has 0 spiro atoms. The average Bonchev–Trinajstić information content (AvgIpc) is 2.62. The minimum Gasteiger partial charge on any atom is -0.319 e. The molecule has 0 radical (unpaired) electrons. The zero-order chi connectivity index (χ0) is 12.2. The van der Waals surface area contributed by atoms with Crippen molar-refractivity contribution in [2.45, 2.75) is 19.8 Å². The van der Waals surface area contributed by atoms with Crippen LogP contribution < -0.4 is 10.0 Å². The first-order valence-corrected chi connectivity index (χ1v) is 7.58. The summed E-state index contributed by atoms with van der Waals surface area (Å²) >= 11 is 1.32. The fraction of sp³-hybridized carbons (Fsp3) is 0.667. The van der Waals surface area contributed by atoms with Gasteiger partial charge in [-0.25, -0.2) is 13.4 Å². The van der Waals surface area contributed by atoms with Gasteiger partial charge >= 0.3 is 0 Å². The second kappa shape index (κ2) is 5.60. The van der Waals surface area contributed by atoms with Gasteiger partial charge in [0.1, 0.15) is 0 Å². The van der Waals surface area contributed by atoms with E-state index in [9.17, 15) is 8.42 Å². The van der Waals surface area contributed by atoms with Crippen LogP contribution in [-0.4, -0.2) is 32.7 Å². The Labute approximate surface area is 100 Å². The van der Waals surface area contributed by atoms with E-state index in [4.69, 9.17) is 0 Å². The van der Waals surface area contributed by atoms with Crippen LogP contribution in [0.2, 0.25) is 0 Å². The molecule has 16 heavy (non-hydrogen) atoms. The van der Waals surface area contributed by atoms with E-state index in [0.717, 1.165) is 5.69 Å². The van der Waals surface area contributed by atoms with Crippen molar-refractivity contribution in [3.05, 3.63) is 11.1 Å². The van der Waals surface area contributed by atoms with Crippen molar-refractivity contribution in [3.8, 4) is 0 Å². The number of rotatable bonds is 6. The first-order valence-electron chi connectivity index (χ1n) is 5.05. The van der Waals surface area contributed by atoms with E-state index < -0.39 is 10.0 Å². The Hall–Kier alpha value is -0.660. The SMILES string of the molecule is CNCCS(=O)(=O)Nc1nc(C(C)C)cs1. The Morgan fingerprint density at radius 2 is 2.19 bits per heavy atom. The number of sulfonamides is 1. The highest BCUT2D eigenvalue weighted by Crippen LogP contribution is 2.22. The van der Waals surface area contributed by atoms with Gasteiger partial charge in [0.2, 0.25) is 10.0 Å². The second-order valence-electron chi connectivity index (χ2n) is 3.76. The van der Waals surface area contributed by atoms with Gasteiger partial charge in [0, 0.05) is 11.9 Å². The summed E-state index contributed by atoms with van der Waals surface area (Å²) in [5.41, 5.74) is 0.913. The molecule has 0 aromatic carbocycles. The van der Waals surface area contributed by atoms with Gasteiger partial charge < -0.3 is 5.32 Å². The molecular formula is C9H17N3O2S2. The van der Waals surface area contributed by atoms with Crippen molar-refractivity contribution in [1.29, 1.82) is 0 Å². The van der Waals surface area contributed by atoms with Gasteiger partial charge in [-0.2, -0.15) is 0 Å². The van der Waals surface area contributed by atoms with Gasteiger partial charge in [0.25, 0.3) is 0 Å². The largest absolute Gasteiger partial charge is 0.319 e. The Bertz CT molecular complexity index is 426. The zero-order valence-corrected chi connectivity index (χ0v) is 11.3. The highest BCUT2D eigenvalue weighted by Gasteiger charge is 2.13. The molecule has 7 heteroatoms. The lowest BCUT2D eigenvalue weighted by atomic mass is 10.2. The Balaban J connectivity index is 2.65. The number of hydrogen-bond donors (Lipinski definition) is 2. The van der Waals surface area contributed by atoms with Crippen LogP contribution in [0.15, 0.2) is 5.38 Å². The maximum absolute atomic E-state index is 11.6. The van der Waals surface area contributed by atoms with Crippen LogP contribution in [0.25, 0.3) is 0 Å². The molecule has 0 saturated carbocycles. The van der Waals surface area contributed by atoms with E-state index in [1.807, 2.05) is 19.2 Å². The Morgan fingerprint density at radius 1 is 1.50 bits per heavy atom. The maximum Gasteiger partial charge on any atom is 0.235 e. The molecule has 0 aliphatic carbocycles. The van der Waals surface area contributed by atoms with Gasteiger partial charge in [-0.15, -0.1) is 11.3 Å². The van der Waals surface area contributed by atoms with Crippen molar-refractivity contribution in [3.63, 3.8) is 0 Å². The molecule has 1 rings (SSSR count). The molecule has 1 aromatic heterocycles. The molecule has 92 valence electrons. The lowest BCUT2D eigenvalue weighted by Crippen LogP contribution is -2.24. The fourth-order valence-corrected chi connectivity index (χ4v) is 3.19. The van der Waals surface area contributed by atoms with E-state index in [-0.39, 0.29) is 5.75 Å². The first-order chi connectivity index (χ1) is 7.44. The van der Waals surface area contributed by atoms with Crippen molar-refractivity contribution in [2.75, 3.05) is 24.1 Å². The quantitative estimate of drug-likeness (QED) is 0.810. The lowest BCUT2D eigenvalue weighted by Gasteiger charge is -2.04. The number of nitrogens with one attached hydrogen (secondary N) is 2. The van der Waals surface area contributed by atoms with Gasteiger partial charge in [0.15, 0.2) is 5.13 Å². The van der Waals surface area contributed by atoms with E-state index in [0.29, 0.717) is 17.6 Å². The molecule has 1 heterocycles. The maximum atomic E-state index is 11.6. The normalized spacial score (nSPS) is 12.0. The Kier molecular flexibility index (Phi) is 4.69. The summed E-state index contributed by atoms with van der Waals surface area (Å²) in [6, 6.07) is 0. The summed E-state index contributed by atoms with van der Waals surface area (Å²) in [5, 5.41) is 5.12. The average molecular weight is 263 g/mol. The van der Waals surface area contributed by atoms with E-state index in [1.54, 1.807) is 7.05 Å². The van der Waals surface area contributed by atoms with Crippen LogP contribution in [0, 0.1) is 0 Å². The smallest absolute Gasteiger partial charge is 0.235 e. The monoisotopic (exact) mass is 263 g/mol. The van der Waals surface area contributed by atoms with E-state index in [1.165, 1.54) is 11.3 Å². The van der Waals surface area contributed by atoms with E-state index in [2.05, 4.69) is 15.0 Å². The molecule has 0 aliphatic heterocycles. The Morgan fingerprint density at radius 3 is 2.69 bits per heavy atom. The minimum absolute atomic E-state index is 0.0556. The minimum atomic E-state index is -3.27. The predicted octanol–water partition coefficient (Wildman–Crippen LogP) is 1.23. The number of anilines is 1. The third-order valence-corrected chi connectivity index (χ3v) is 4.13. The number of hydrogen-bond acceptors (Lipinski definition) is 5. The number of thiazole rings is 1. The molecule has 0 aliphatic rings. The van der Waals surface area contributed by atoms with Crippen LogP contribution in [0.4, 0.5) is 5.13 Å².